The maximum absolute atomic E-state index is 11.5. The largest absolute Gasteiger partial charge is 0.462 e. The summed E-state index contributed by atoms with van der Waals surface area (Å²) in [6, 6.07) is 5.00. The number of alkyl halides is 1. The van der Waals surface area contributed by atoms with Crippen LogP contribution >= 0.6 is 27.5 Å². The van der Waals surface area contributed by atoms with Crippen molar-refractivity contribution in [2.45, 2.75) is 12.3 Å². The number of nitriles is 1. The molecule has 1 aromatic carbocycles. The van der Waals surface area contributed by atoms with Crippen LogP contribution in [0.2, 0.25) is 5.02 Å². The lowest BCUT2D eigenvalue weighted by Gasteiger charge is -2.06. The fraction of sp³-hybridized carbons (Fsp3) is 0.273. The van der Waals surface area contributed by atoms with Crippen LogP contribution in [0.1, 0.15) is 28.4 Å². The zero-order valence-electron chi connectivity index (χ0n) is 8.59. The molecule has 0 spiro atoms. The van der Waals surface area contributed by atoms with Gasteiger partial charge in [-0.05, 0) is 24.6 Å². The van der Waals surface area contributed by atoms with Gasteiger partial charge in [0.05, 0.1) is 22.8 Å². The average Bonchev–Trinajstić information content (AvgIpc) is 2.29. The number of esters is 1. The molecule has 0 unspecified atom stereocenters. The fourth-order valence-corrected chi connectivity index (χ4v) is 2.02. The number of hydrogen-bond donors (Lipinski definition) is 0. The highest BCUT2D eigenvalue weighted by molar-refractivity contribution is 9.08. The summed E-state index contributed by atoms with van der Waals surface area (Å²) >= 11 is 9.21. The first-order chi connectivity index (χ1) is 7.63. The summed E-state index contributed by atoms with van der Waals surface area (Å²) in [5, 5.41) is 9.72. The van der Waals surface area contributed by atoms with Crippen LogP contribution in [-0.2, 0) is 10.1 Å². The van der Waals surface area contributed by atoms with Crippen molar-refractivity contribution in [3.05, 3.63) is 33.8 Å². The van der Waals surface area contributed by atoms with Gasteiger partial charge in [0.1, 0.15) is 6.07 Å². The van der Waals surface area contributed by atoms with E-state index in [-0.39, 0.29) is 5.56 Å². The van der Waals surface area contributed by atoms with Crippen molar-refractivity contribution in [2.24, 2.45) is 0 Å². The Balaban J connectivity index is 3.23. The number of rotatable bonds is 3. The van der Waals surface area contributed by atoms with E-state index in [1.807, 2.05) is 6.07 Å². The Morgan fingerprint density at radius 1 is 1.62 bits per heavy atom. The normalized spacial score (nSPS) is 9.62. The molecule has 0 radical (unpaired) electrons. The molecule has 0 N–H and O–H groups in total. The number of carbonyl (C=O) groups excluding carboxylic acids is 1. The molecule has 0 heterocycles. The smallest absolute Gasteiger partial charge is 0.338 e. The van der Waals surface area contributed by atoms with E-state index in [0.29, 0.717) is 28.1 Å². The topological polar surface area (TPSA) is 50.1 Å². The Labute approximate surface area is 107 Å². The van der Waals surface area contributed by atoms with E-state index in [1.54, 1.807) is 13.0 Å². The average molecular weight is 303 g/mol. The summed E-state index contributed by atoms with van der Waals surface area (Å²) in [7, 11) is 0. The molecule has 0 amide bonds. The maximum Gasteiger partial charge on any atom is 0.338 e. The van der Waals surface area contributed by atoms with Crippen molar-refractivity contribution in [3.63, 3.8) is 0 Å². The number of hydrogen-bond acceptors (Lipinski definition) is 3. The third kappa shape index (κ3) is 2.75. The van der Waals surface area contributed by atoms with E-state index in [1.165, 1.54) is 6.07 Å². The summed E-state index contributed by atoms with van der Waals surface area (Å²) in [4.78, 5) is 11.5. The van der Waals surface area contributed by atoms with Crippen LogP contribution < -0.4 is 0 Å². The molecule has 0 saturated carbocycles. The molecule has 0 aromatic heterocycles. The van der Waals surface area contributed by atoms with Gasteiger partial charge < -0.3 is 4.74 Å². The van der Waals surface area contributed by atoms with Crippen molar-refractivity contribution >= 4 is 33.5 Å². The molecule has 1 rings (SSSR count). The summed E-state index contributed by atoms with van der Waals surface area (Å²) in [6.45, 7) is 2.03. The van der Waals surface area contributed by atoms with Crippen LogP contribution in [0.5, 0.6) is 0 Å². The van der Waals surface area contributed by atoms with Gasteiger partial charge in [-0.25, -0.2) is 4.79 Å². The van der Waals surface area contributed by atoms with E-state index in [0.717, 1.165) is 0 Å². The maximum atomic E-state index is 11.5. The predicted octanol–water partition coefficient (Wildman–Crippen LogP) is 3.28. The third-order valence-corrected chi connectivity index (χ3v) is 2.97. The molecule has 16 heavy (non-hydrogen) atoms. The molecular formula is C11H9BrClNO2. The summed E-state index contributed by atoms with van der Waals surface area (Å²) < 4.78 is 4.86. The van der Waals surface area contributed by atoms with Gasteiger partial charge in [0.2, 0.25) is 0 Å². The standard InChI is InChI=1S/C11H9BrClNO2/c1-2-16-11(15)7-3-8(5-12)10(13)9(4-7)6-14/h3-4H,2,5H2,1H3. The molecule has 0 aliphatic carbocycles. The van der Waals surface area contributed by atoms with Gasteiger partial charge in [0.15, 0.2) is 0 Å². The van der Waals surface area contributed by atoms with Gasteiger partial charge in [0.25, 0.3) is 0 Å². The second-order valence-electron chi connectivity index (χ2n) is 2.96. The Hall–Kier alpha value is -1.05. The highest BCUT2D eigenvalue weighted by Gasteiger charge is 2.13. The quantitative estimate of drug-likeness (QED) is 0.636. The zero-order chi connectivity index (χ0) is 12.1. The van der Waals surface area contributed by atoms with E-state index >= 15 is 0 Å². The lowest BCUT2D eigenvalue weighted by Crippen LogP contribution is -2.06. The second-order valence-corrected chi connectivity index (χ2v) is 3.90. The van der Waals surface area contributed by atoms with Crippen LogP contribution in [0.15, 0.2) is 12.1 Å². The molecule has 0 bridgehead atoms. The van der Waals surface area contributed by atoms with E-state index in [4.69, 9.17) is 21.6 Å². The summed E-state index contributed by atoms with van der Waals surface area (Å²) in [5.74, 6) is -0.446. The molecule has 3 nitrogen and oxygen atoms in total. The number of carbonyl (C=O) groups is 1. The molecule has 84 valence electrons. The van der Waals surface area contributed by atoms with Crippen molar-refractivity contribution in [2.75, 3.05) is 6.61 Å². The summed E-state index contributed by atoms with van der Waals surface area (Å²) in [6.07, 6.45) is 0. The van der Waals surface area contributed by atoms with Gasteiger partial charge in [-0.1, -0.05) is 27.5 Å². The number of benzene rings is 1. The van der Waals surface area contributed by atoms with Crippen LogP contribution in [0, 0.1) is 11.3 Å². The van der Waals surface area contributed by atoms with Gasteiger partial charge in [-0.2, -0.15) is 5.26 Å². The molecule has 0 atom stereocenters. The number of nitrogens with zero attached hydrogens (tertiary/aromatic N) is 1. The SMILES string of the molecule is CCOC(=O)c1cc(C#N)c(Cl)c(CBr)c1. The highest BCUT2D eigenvalue weighted by atomic mass is 79.9. The molecule has 0 fully saturated rings. The lowest BCUT2D eigenvalue weighted by atomic mass is 10.1. The Morgan fingerprint density at radius 2 is 2.31 bits per heavy atom. The molecule has 1 aromatic rings. The molecule has 5 heteroatoms. The highest BCUT2D eigenvalue weighted by Crippen LogP contribution is 2.25. The first-order valence-electron chi connectivity index (χ1n) is 4.59. The van der Waals surface area contributed by atoms with E-state index in [2.05, 4.69) is 15.9 Å². The predicted molar refractivity (Wildman–Crippen MR) is 64.8 cm³/mol. The van der Waals surface area contributed by atoms with Crippen LogP contribution in [-0.4, -0.2) is 12.6 Å². The van der Waals surface area contributed by atoms with Crippen molar-refractivity contribution in [3.8, 4) is 6.07 Å². The Morgan fingerprint density at radius 3 is 2.81 bits per heavy atom. The van der Waals surface area contributed by atoms with Crippen molar-refractivity contribution in [1.82, 2.24) is 0 Å². The van der Waals surface area contributed by atoms with Gasteiger partial charge in [-0.15, -0.1) is 0 Å². The molecule has 0 saturated heterocycles. The lowest BCUT2D eigenvalue weighted by molar-refractivity contribution is 0.0526. The Bertz CT molecular complexity index is 454. The van der Waals surface area contributed by atoms with Crippen LogP contribution in [0.3, 0.4) is 0 Å². The monoisotopic (exact) mass is 301 g/mol. The van der Waals surface area contributed by atoms with Crippen molar-refractivity contribution in [1.29, 1.82) is 5.26 Å². The minimum absolute atomic E-state index is 0.279. The molecular weight excluding hydrogens is 293 g/mol. The first-order valence-corrected chi connectivity index (χ1v) is 6.09. The van der Waals surface area contributed by atoms with Crippen molar-refractivity contribution < 1.29 is 9.53 Å². The molecule has 0 aliphatic rings. The third-order valence-electron chi connectivity index (χ3n) is 1.92. The minimum Gasteiger partial charge on any atom is -0.462 e. The van der Waals surface area contributed by atoms with Crippen LogP contribution in [0.4, 0.5) is 0 Å². The fourth-order valence-electron chi connectivity index (χ4n) is 1.20. The van der Waals surface area contributed by atoms with Gasteiger partial charge in [0, 0.05) is 5.33 Å². The van der Waals surface area contributed by atoms with E-state index in [9.17, 15) is 4.79 Å². The van der Waals surface area contributed by atoms with E-state index < -0.39 is 5.97 Å². The molecule has 0 aliphatic heterocycles. The number of ether oxygens (including phenoxy) is 1. The van der Waals surface area contributed by atoms with Gasteiger partial charge in [-0.3, -0.25) is 0 Å². The Kier molecular flexibility index (Phi) is 4.78. The van der Waals surface area contributed by atoms with Gasteiger partial charge >= 0.3 is 5.97 Å². The summed E-state index contributed by atoms with van der Waals surface area (Å²) in [5.41, 5.74) is 1.32. The first kappa shape index (κ1) is 13.0. The number of halogens is 2. The minimum atomic E-state index is -0.446. The zero-order valence-corrected chi connectivity index (χ0v) is 10.9. The second kappa shape index (κ2) is 5.88. The van der Waals surface area contributed by atoms with Crippen LogP contribution in [0.25, 0.3) is 0 Å².